The number of ether oxygens (including phenoxy) is 1. The third kappa shape index (κ3) is 4.28. The van der Waals surface area contributed by atoms with E-state index >= 15 is 0 Å². The number of piperidine rings is 1. The van der Waals surface area contributed by atoms with Gasteiger partial charge in [0.1, 0.15) is 6.61 Å². The lowest BCUT2D eigenvalue weighted by molar-refractivity contribution is -0.139. The van der Waals surface area contributed by atoms with Crippen molar-refractivity contribution < 1.29 is 19.4 Å². The molecule has 2 N–H and O–H groups in total. The Hall–Kier alpha value is -1.38. The zero-order chi connectivity index (χ0) is 19.5. The van der Waals surface area contributed by atoms with Crippen LogP contribution in [-0.4, -0.2) is 102 Å². The fourth-order valence-electron chi connectivity index (χ4n) is 5.40. The van der Waals surface area contributed by atoms with Crippen molar-refractivity contribution in [3.63, 3.8) is 0 Å². The van der Waals surface area contributed by atoms with Gasteiger partial charge in [0.15, 0.2) is 0 Å². The molecule has 3 amide bonds. The van der Waals surface area contributed by atoms with Gasteiger partial charge in [-0.3, -0.25) is 9.69 Å². The van der Waals surface area contributed by atoms with Crippen molar-refractivity contribution in [3.05, 3.63) is 0 Å². The Morgan fingerprint density at radius 3 is 2.54 bits per heavy atom. The second-order valence-electron chi connectivity index (χ2n) is 8.71. The smallest absolute Gasteiger partial charge is 0.320 e. The van der Waals surface area contributed by atoms with Crippen molar-refractivity contribution in [1.82, 2.24) is 20.0 Å². The first-order valence-corrected chi connectivity index (χ1v) is 11.0. The van der Waals surface area contributed by atoms with Gasteiger partial charge in [0.05, 0.1) is 18.8 Å². The molecular weight excluding hydrogens is 360 g/mol. The molecule has 8 heteroatoms. The SMILES string of the molecule is O=C1COC2CCN(C(=O)N3CCN(C(CO)C4CCCCC4)CC3)CC2N1. The quantitative estimate of drug-likeness (QED) is 0.717. The van der Waals surface area contributed by atoms with Crippen LogP contribution in [0.25, 0.3) is 0 Å². The van der Waals surface area contributed by atoms with Gasteiger partial charge >= 0.3 is 6.03 Å². The fourth-order valence-corrected chi connectivity index (χ4v) is 5.40. The first kappa shape index (κ1) is 19.9. The second kappa shape index (κ2) is 8.97. The number of morpholine rings is 1. The Labute approximate surface area is 167 Å². The predicted octanol–water partition coefficient (Wildman–Crippen LogP) is 0.255. The molecule has 0 aromatic heterocycles. The van der Waals surface area contributed by atoms with Gasteiger partial charge in [0.2, 0.25) is 5.91 Å². The molecule has 3 atom stereocenters. The molecule has 1 aliphatic carbocycles. The second-order valence-corrected chi connectivity index (χ2v) is 8.71. The molecule has 3 aliphatic heterocycles. The number of urea groups is 1. The highest BCUT2D eigenvalue weighted by Crippen LogP contribution is 2.29. The van der Waals surface area contributed by atoms with Gasteiger partial charge in [-0.1, -0.05) is 19.3 Å². The van der Waals surface area contributed by atoms with Crippen LogP contribution >= 0.6 is 0 Å². The third-order valence-corrected chi connectivity index (χ3v) is 7.03. The number of carbonyl (C=O) groups is 2. The Morgan fingerprint density at radius 2 is 1.82 bits per heavy atom. The summed E-state index contributed by atoms with van der Waals surface area (Å²) >= 11 is 0. The Balaban J connectivity index is 1.28. The summed E-state index contributed by atoms with van der Waals surface area (Å²) in [4.78, 5) is 30.7. The Morgan fingerprint density at radius 1 is 1.07 bits per heavy atom. The van der Waals surface area contributed by atoms with Crippen LogP contribution < -0.4 is 5.32 Å². The molecule has 0 bridgehead atoms. The number of amides is 3. The van der Waals surface area contributed by atoms with Crippen molar-refractivity contribution in [2.75, 3.05) is 52.5 Å². The van der Waals surface area contributed by atoms with E-state index in [9.17, 15) is 14.7 Å². The number of fused-ring (bicyclic) bond motifs is 1. The largest absolute Gasteiger partial charge is 0.395 e. The minimum absolute atomic E-state index is 0.0272. The fraction of sp³-hybridized carbons (Fsp3) is 0.900. The minimum Gasteiger partial charge on any atom is -0.395 e. The number of hydrogen-bond donors (Lipinski definition) is 2. The first-order chi connectivity index (χ1) is 13.7. The number of hydrogen-bond acceptors (Lipinski definition) is 5. The molecule has 0 aromatic rings. The van der Waals surface area contributed by atoms with E-state index in [-0.39, 0.29) is 43.3 Å². The molecule has 158 valence electrons. The molecule has 3 heterocycles. The Kier molecular flexibility index (Phi) is 6.38. The van der Waals surface area contributed by atoms with Gasteiger partial charge in [-0.25, -0.2) is 4.79 Å². The molecule has 0 spiro atoms. The van der Waals surface area contributed by atoms with Gasteiger partial charge in [-0.15, -0.1) is 0 Å². The number of nitrogens with zero attached hydrogens (tertiary/aromatic N) is 3. The molecule has 1 saturated carbocycles. The number of aliphatic hydroxyl groups is 1. The molecule has 3 saturated heterocycles. The van der Waals surface area contributed by atoms with Crippen molar-refractivity contribution >= 4 is 11.9 Å². The number of rotatable bonds is 3. The van der Waals surface area contributed by atoms with Crippen molar-refractivity contribution in [1.29, 1.82) is 0 Å². The standard InChI is InChI=1S/C20H34N4O4/c25-13-17(15-4-2-1-3-5-15)22-8-10-23(11-9-22)20(27)24-7-6-18-16(12-24)21-19(26)14-28-18/h15-18,25H,1-14H2,(H,21,26). The lowest BCUT2D eigenvalue weighted by atomic mass is 9.83. The van der Waals surface area contributed by atoms with Crippen LogP contribution in [0.4, 0.5) is 4.79 Å². The Bertz CT molecular complexity index is 560. The highest BCUT2D eigenvalue weighted by atomic mass is 16.5. The van der Waals surface area contributed by atoms with Crippen LogP contribution in [0.15, 0.2) is 0 Å². The highest BCUT2D eigenvalue weighted by molar-refractivity contribution is 5.79. The minimum atomic E-state index is -0.0954. The molecule has 8 nitrogen and oxygen atoms in total. The van der Waals surface area contributed by atoms with E-state index in [4.69, 9.17) is 4.74 Å². The van der Waals surface area contributed by atoms with Crippen molar-refractivity contribution in [2.45, 2.75) is 56.7 Å². The summed E-state index contributed by atoms with van der Waals surface area (Å²) in [5.41, 5.74) is 0. The van der Waals surface area contributed by atoms with E-state index < -0.39 is 0 Å². The summed E-state index contributed by atoms with van der Waals surface area (Å²) in [6, 6.07) is 0.212. The number of likely N-dealkylation sites (tertiary alicyclic amines) is 1. The third-order valence-electron chi connectivity index (χ3n) is 7.03. The maximum Gasteiger partial charge on any atom is 0.320 e. The van der Waals surface area contributed by atoms with Crippen LogP contribution in [-0.2, 0) is 9.53 Å². The first-order valence-electron chi connectivity index (χ1n) is 11.0. The topological polar surface area (TPSA) is 85.4 Å². The predicted molar refractivity (Wildman–Crippen MR) is 104 cm³/mol. The highest BCUT2D eigenvalue weighted by Gasteiger charge is 2.38. The zero-order valence-corrected chi connectivity index (χ0v) is 16.7. The summed E-state index contributed by atoms with van der Waals surface area (Å²) < 4.78 is 5.58. The summed E-state index contributed by atoms with van der Waals surface area (Å²) in [5.74, 6) is 0.497. The lowest BCUT2D eigenvalue weighted by Crippen LogP contribution is -2.63. The molecule has 4 rings (SSSR count). The number of piperazine rings is 1. The zero-order valence-electron chi connectivity index (χ0n) is 16.7. The van der Waals surface area contributed by atoms with Crippen LogP contribution in [0, 0.1) is 5.92 Å². The van der Waals surface area contributed by atoms with E-state index in [2.05, 4.69) is 10.2 Å². The molecule has 0 aromatic carbocycles. The summed E-state index contributed by atoms with van der Waals surface area (Å²) in [6.45, 7) is 4.61. The maximum absolute atomic E-state index is 13.0. The van der Waals surface area contributed by atoms with Crippen LogP contribution in [0.3, 0.4) is 0 Å². The van der Waals surface area contributed by atoms with Crippen LogP contribution in [0.5, 0.6) is 0 Å². The van der Waals surface area contributed by atoms with E-state index in [0.29, 0.717) is 32.1 Å². The average molecular weight is 395 g/mol. The average Bonchev–Trinajstić information content (AvgIpc) is 2.74. The summed E-state index contributed by atoms with van der Waals surface area (Å²) in [7, 11) is 0. The number of carbonyl (C=O) groups excluding carboxylic acids is 2. The molecule has 4 fully saturated rings. The van der Waals surface area contributed by atoms with Gasteiger partial charge in [-0.2, -0.15) is 0 Å². The number of aliphatic hydroxyl groups excluding tert-OH is 1. The van der Waals surface area contributed by atoms with Crippen LogP contribution in [0.1, 0.15) is 38.5 Å². The van der Waals surface area contributed by atoms with E-state index in [1.54, 1.807) is 0 Å². The molecule has 0 radical (unpaired) electrons. The lowest BCUT2D eigenvalue weighted by Gasteiger charge is -2.45. The maximum atomic E-state index is 13.0. The van der Waals surface area contributed by atoms with Crippen LogP contribution in [0.2, 0.25) is 0 Å². The molecule has 3 unspecified atom stereocenters. The van der Waals surface area contributed by atoms with Gasteiger partial charge in [0.25, 0.3) is 0 Å². The van der Waals surface area contributed by atoms with E-state index in [1.165, 1.54) is 32.1 Å². The molecule has 4 aliphatic rings. The van der Waals surface area contributed by atoms with Crippen molar-refractivity contribution in [3.8, 4) is 0 Å². The van der Waals surface area contributed by atoms with E-state index in [0.717, 1.165) is 19.5 Å². The number of nitrogens with one attached hydrogen (secondary N) is 1. The van der Waals surface area contributed by atoms with E-state index in [1.807, 2.05) is 9.80 Å². The molecule has 28 heavy (non-hydrogen) atoms. The van der Waals surface area contributed by atoms with Gasteiger partial charge in [0, 0.05) is 45.3 Å². The normalized spacial score (nSPS) is 31.2. The summed E-state index contributed by atoms with van der Waals surface area (Å²) in [5, 5.41) is 12.9. The van der Waals surface area contributed by atoms with Crippen molar-refractivity contribution in [2.24, 2.45) is 5.92 Å². The summed E-state index contributed by atoms with van der Waals surface area (Å²) in [6.07, 6.45) is 7.10. The van der Waals surface area contributed by atoms with Gasteiger partial charge < -0.3 is 25.0 Å². The van der Waals surface area contributed by atoms with Gasteiger partial charge in [-0.05, 0) is 25.2 Å². The monoisotopic (exact) mass is 394 g/mol. The molecular formula is C20H34N4O4.